The van der Waals surface area contributed by atoms with Crippen LogP contribution in [0, 0.1) is 18.3 Å². The lowest BCUT2D eigenvalue weighted by molar-refractivity contribution is -0.118. The molecule has 0 aliphatic carbocycles. The molecular formula is C37H31N3O6S. The Morgan fingerprint density at radius 1 is 0.809 bits per heavy atom. The van der Waals surface area contributed by atoms with Gasteiger partial charge < -0.3 is 15.1 Å². The van der Waals surface area contributed by atoms with Crippen LogP contribution in [0.1, 0.15) is 27.0 Å². The van der Waals surface area contributed by atoms with Crippen LogP contribution in [-0.4, -0.2) is 48.4 Å². The summed E-state index contributed by atoms with van der Waals surface area (Å²) in [4.78, 5) is 26.8. The molecule has 5 rings (SSSR count). The Morgan fingerprint density at radius 3 is 2.17 bits per heavy atom. The number of sulfonamides is 1. The number of benzene rings is 5. The van der Waals surface area contributed by atoms with Crippen LogP contribution in [0.4, 0.5) is 5.69 Å². The molecule has 0 saturated heterocycles. The van der Waals surface area contributed by atoms with Crippen molar-refractivity contribution in [3.8, 4) is 34.1 Å². The van der Waals surface area contributed by atoms with Gasteiger partial charge in [-0.2, -0.15) is 9.57 Å². The van der Waals surface area contributed by atoms with Gasteiger partial charge in [-0.05, 0) is 77.2 Å². The molecule has 0 fully saturated rings. The summed E-state index contributed by atoms with van der Waals surface area (Å²) in [6.07, 6.45) is 0. The number of aromatic hydroxyl groups is 1. The van der Waals surface area contributed by atoms with E-state index in [1.54, 1.807) is 30.3 Å². The number of nitriles is 1. The number of phenols is 1. The van der Waals surface area contributed by atoms with Crippen molar-refractivity contribution in [1.82, 2.24) is 4.31 Å². The number of aromatic carboxylic acids is 1. The molecule has 0 heterocycles. The third kappa shape index (κ3) is 7.23. The van der Waals surface area contributed by atoms with E-state index in [9.17, 15) is 33.5 Å². The molecule has 0 aromatic heterocycles. The molecular weight excluding hydrogens is 614 g/mol. The SMILES string of the molecule is Cc1ccc(S(=O)(=O)N(C)CC(=O)N(Cc2cccc(-c3cc(C#N)ccc3-c3ccccc3)c2)c2ccc(C(=O)O)c(O)c2)cc1. The first-order valence-corrected chi connectivity index (χ1v) is 16.0. The number of carbonyl (C=O) groups excluding carboxylic acids is 1. The van der Waals surface area contributed by atoms with Crippen molar-refractivity contribution >= 4 is 27.6 Å². The predicted molar refractivity (Wildman–Crippen MR) is 179 cm³/mol. The second-order valence-electron chi connectivity index (χ2n) is 11.0. The summed E-state index contributed by atoms with van der Waals surface area (Å²) >= 11 is 0. The Labute approximate surface area is 273 Å². The van der Waals surface area contributed by atoms with Crippen molar-refractivity contribution in [2.45, 2.75) is 18.4 Å². The number of carboxylic acids is 1. The van der Waals surface area contributed by atoms with Gasteiger partial charge in [0.1, 0.15) is 11.3 Å². The average Bonchev–Trinajstić information content (AvgIpc) is 3.07. The van der Waals surface area contributed by atoms with Crippen LogP contribution in [0.15, 0.2) is 120 Å². The zero-order valence-corrected chi connectivity index (χ0v) is 26.5. The van der Waals surface area contributed by atoms with Gasteiger partial charge >= 0.3 is 5.97 Å². The molecule has 0 radical (unpaired) electrons. The zero-order valence-electron chi connectivity index (χ0n) is 25.7. The number of hydrogen-bond acceptors (Lipinski definition) is 6. The summed E-state index contributed by atoms with van der Waals surface area (Å²) in [5, 5.41) is 29.5. The summed E-state index contributed by atoms with van der Waals surface area (Å²) in [7, 11) is -2.70. The Balaban J connectivity index is 1.52. The van der Waals surface area contributed by atoms with E-state index in [-0.39, 0.29) is 22.7 Å². The van der Waals surface area contributed by atoms with Gasteiger partial charge in [0.2, 0.25) is 15.9 Å². The molecule has 5 aromatic carbocycles. The Bertz CT molecular complexity index is 2110. The highest BCUT2D eigenvalue weighted by molar-refractivity contribution is 7.89. The topological polar surface area (TPSA) is 139 Å². The minimum atomic E-state index is -4.01. The number of amides is 1. The summed E-state index contributed by atoms with van der Waals surface area (Å²) in [6.45, 7) is 1.28. The van der Waals surface area contributed by atoms with Crippen LogP contribution in [0.5, 0.6) is 5.75 Å². The third-order valence-corrected chi connectivity index (χ3v) is 9.54. The molecule has 0 spiro atoms. The highest BCUT2D eigenvalue weighted by atomic mass is 32.2. The maximum Gasteiger partial charge on any atom is 0.339 e. The van der Waals surface area contributed by atoms with Crippen molar-refractivity contribution in [2.75, 3.05) is 18.5 Å². The molecule has 2 N–H and O–H groups in total. The van der Waals surface area contributed by atoms with E-state index in [0.717, 1.165) is 32.1 Å². The smallest absolute Gasteiger partial charge is 0.339 e. The summed E-state index contributed by atoms with van der Waals surface area (Å²) < 4.78 is 27.6. The molecule has 9 nitrogen and oxygen atoms in total. The molecule has 236 valence electrons. The number of rotatable bonds is 10. The second kappa shape index (κ2) is 13.7. The standard InChI is InChI=1S/C37H31N3O6S/c1-25-11-15-31(16-12-25)47(45,46)39(2)24-36(42)40(30-14-18-33(37(43)44)35(41)21-30)23-27-7-6-10-29(19-27)34-20-26(22-38)13-17-32(34)28-8-4-3-5-9-28/h3-21,41H,23-24H2,1-2H3,(H,43,44). The summed E-state index contributed by atoms with van der Waals surface area (Å²) in [5.41, 5.74) is 5.34. The van der Waals surface area contributed by atoms with Crippen LogP contribution in [0.2, 0.25) is 0 Å². The maximum absolute atomic E-state index is 13.9. The molecule has 5 aromatic rings. The van der Waals surface area contributed by atoms with E-state index < -0.39 is 34.2 Å². The fourth-order valence-electron chi connectivity index (χ4n) is 5.19. The lowest BCUT2D eigenvalue weighted by Crippen LogP contribution is -2.41. The number of carbonyl (C=O) groups is 2. The summed E-state index contributed by atoms with van der Waals surface area (Å²) in [6, 6.07) is 34.8. The van der Waals surface area contributed by atoms with Gasteiger partial charge in [-0.25, -0.2) is 13.2 Å². The molecule has 0 saturated carbocycles. The Hall–Kier alpha value is -5.76. The van der Waals surface area contributed by atoms with Gasteiger partial charge in [0.05, 0.1) is 29.6 Å². The van der Waals surface area contributed by atoms with E-state index in [4.69, 9.17) is 0 Å². The van der Waals surface area contributed by atoms with Gasteiger partial charge in [0, 0.05) is 18.8 Å². The molecule has 10 heteroatoms. The van der Waals surface area contributed by atoms with Crippen LogP contribution in [0.3, 0.4) is 0 Å². The van der Waals surface area contributed by atoms with Crippen molar-refractivity contribution in [1.29, 1.82) is 5.26 Å². The number of hydrogen-bond donors (Lipinski definition) is 2. The predicted octanol–water partition coefficient (Wildman–Crippen LogP) is 6.46. The van der Waals surface area contributed by atoms with Crippen molar-refractivity contribution < 1.29 is 28.2 Å². The highest BCUT2D eigenvalue weighted by Crippen LogP contribution is 2.34. The number of nitrogens with zero attached hydrogens (tertiary/aromatic N) is 3. The first-order chi connectivity index (χ1) is 22.5. The van der Waals surface area contributed by atoms with Gasteiger partial charge in [-0.3, -0.25) is 4.79 Å². The van der Waals surface area contributed by atoms with Gasteiger partial charge in [0.15, 0.2) is 0 Å². The third-order valence-electron chi connectivity index (χ3n) is 7.72. The summed E-state index contributed by atoms with van der Waals surface area (Å²) in [5.74, 6) is -2.48. The van der Waals surface area contributed by atoms with E-state index in [2.05, 4.69) is 6.07 Å². The van der Waals surface area contributed by atoms with Crippen molar-refractivity contribution in [2.24, 2.45) is 0 Å². The maximum atomic E-state index is 13.9. The monoisotopic (exact) mass is 645 g/mol. The number of anilines is 1. The number of carboxylic acid groups (broad SMARTS) is 1. The van der Waals surface area contributed by atoms with Crippen LogP contribution >= 0.6 is 0 Å². The lowest BCUT2D eigenvalue weighted by Gasteiger charge is -2.26. The second-order valence-corrected chi connectivity index (χ2v) is 13.0. The lowest BCUT2D eigenvalue weighted by atomic mass is 9.92. The molecule has 0 atom stereocenters. The molecule has 0 unspecified atom stereocenters. The molecule has 1 amide bonds. The fraction of sp³-hybridized carbons (Fsp3) is 0.108. The highest BCUT2D eigenvalue weighted by Gasteiger charge is 2.27. The van der Waals surface area contributed by atoms with Crippen molar-refractivity contribution in [3.05, 3.63) is 138 Å². The van der Waals surface area contributed by atoms with Gasteiger partial charge in [0.25, 0.3) is 0 Å². The van der Waals surface area contributed by atoms with Crippen molar-refractivity contribution in [3.63, 3.8) is 0 Å². The van der Waals surface area contributed by atoms with Crippen LogP contribution < -0.4 is 4.90 Å². The number of likely N-dealkylation sites (N-methyl/N-ethyl adjacent to an activating group) is 1. The Kier molecular flexibility index (Phi) is 9.51. The largest absolute Gasteiger partial charge is 0.507 e. The van der Waals surface area contributed by atoms with Gasteiger partial charge in [-0.1, -0.05) is 72.3 Å². The fourth-order valence-corrected chi connectivity index (χ4v) is 6.31. The normalized spacial score (nSPS) is 11.2. The molecule has 0 aliphatic rings. The number of aryl methyl sites for hydroxylation is 1. The quantitative estimate of drug-likeness (QED) is 0.178. The van der Waals surface area contributed by atoms with Crippen LogP contribution in [0.25, 0.3) is 22.3 Å². The van der Waals surface area contributed by atoms with E-state index in [0.29, 0.717) is 11.1 Å². The first-order valence-electron chi connectivity index (χ1n) is 14.6. The minimum Gasteiger partial charge on any atom is -0.507 e. The minimum absolute atomic E-state index is 0.0322. The first kappa shape index (κ1) is 32.6. The average molecular weight is 646 g/mol. The molecule has 47 heavy (non-hydrogen) atoms. The molecule has 0 aliphatic heterocycles. The van der Waals surface area contributed by atoms with E-state index >= 15 is 0 Å². The zero-order chi connectivity index (χ0) is 33.7. The van der Waals surface area contributed by atoms with Gasteiger partial charge in [-0.15, -0.1) is 0 Å². The van der Waals surface area contributed by atoms with Crippen LogP contribution in [-0.2, 0) is 21.4 Å². The Morgan fingerprint density at radius 2 is 1.51 bits per heavy atom. The van der Waals surface area contributed by atoms with E-state index in [1.165, 1.54) is 42.3 Å². The van der Waals surface area contributed by atoms with E-state index in [1.807, 2.05) is 61.5 Å². The molecule has 0 bridgehead atoms.